The van der Waals surface area contributed by atoms with Crippen LogP contribution in [0, 0.1) is 5.92 Å². The van der Waals surface area contributed by atoms with Crippen molar-refractivity contribution in [2.24, 2.45) is 5.92 Å². The number of hydrogen-bond donors (Lipinski definition) is 1. The highest BCUT2D eigenvalue weighted by molar-refractivity contribution is 5.25. The van der Waals surface area contributed by atoms with Gasteiger partial charge in [0.2, 0.25) is 0 Å². The van der Waals surface area contributed by atoms with E-state index in [0.717, 1.165) is 44.7 Å². The van der Waals surface area contributed by atoms with Crippen LogP contribution < -0.4 is 5.32 Å². The van der Waals surface area contributed by atoms with Gasteiger partial charge in [0, 0.05) is 6.42 Å². The van der Waals surface area contributed by atoms with Crippen molar-refractivity contribution in [2.75, 3.05) is 13.1 Å². The molecule has 1 saturated heterocycles. The first-order valence-corrected chi connectivity index (χ1v) is 7.01. The highest BCUT2D eigenvalue weighted by atomic mass is 16.5. The Balaban J connectivity index is 1.87. The van der Waals surface area contributed by atoms with Gasteiger partial charge in [0.1, 0.15) is 6.10 Å². The molecule has 2 aliphatic rings. The maximum absolute atomic E-state index is 6.12. The van der Waals surface area contributed by atoms with Gasteiger partial charge in [0.25, 0.3) is 0 Å². The Hall–Kier alpha value is -0.760. The molecule has 1 fully saturated rings. The molecule has 1 heterocycles. The van der Waals surface area contributed by atoms with Gasteiger partial charge in [-0.25, -0.2) is 0 Å². The molecule has 0 atom stereocenters. The molecule has 0 bridgehead atoms. The first-order chi connectivity index (χ1) is 8.24. The minimum Gasteiger partial charge on any atom is -0.495 e. The van der Waals surface area contributed by atoms with E-state index in [9.17, 15) is 0 Å². The van der Waals surface area contributed by atoms with E-state index in [4.69, 9.17) is 4.74 Å². The Labute approximate surface area is 105 Å². The number of ether oxygens (including phenoxy) is 1. The second-order valence-corrected chi connectivity index (χ2v) is 5.59. The zero-order valence-electron chi connectivity index (χ0n) is 11.2. The van der Waals surface area contributed by atoms with Crippen molar-refractivity contribution in [3.05, 3.63) is 23.5 Å². The number of piperidine rings is 1. The minimum absolute atomic E-state index is 0.445. The largest absolute Gasteiger partial charge is 0.495 e. The van der Waals surface area contributed by atoms with Crippen molar-refractivity contribution in [1.29, 1.82) is 0 Å². The lowest BCUT2D eigenvalue weighted by molar-refractivity contribution is 0.0821. The van der Waals surface area contributed by atoms with Crippen LogP contribution in [0.2, 0.25) is 0 Å². The van der Waals surface area contributed by atoms with Crippen LogP contribution in [0.25, 0.3) is 0 Å². The van der Waals surface area contributed by atoms with Gasteiger partial charge in [-0.2, -0.15) is 0 Å². The fraction of sp³-hybridized carbons (Fsp3) is 0.733. The first kappa shape index (κ1) is 12.7. The molecule has 0 aromatic heterocycles. The van der Waals surface area contributed by atoms with Crippen molar-refractivity contribution in [3.63, 3.8) is 0 Å². The van der Waals surface area contributed by atoms with E-state index in [-0.39, 0.29) is 0 Å². The van der Waals surface area contributed by atoms with Crippen molar-refractivity contribution in [1.82, 2.24) is 5.32 Å². The Morgan fingerprint density at radius 2 is 2.12 bits per heavy atom. The normalized spacial score (nSPS) is 22.3. The summed E-state index contributed by atoms with van der Waals surface area (Å²) in [6, 6.07) is 0. The molecule has 2 heteroatoms. The van der Waals surface area contributed by atoms with E-state index in [1.807, 2.05) is 0 Å². The van der Waals surface area contributed by atoms with E-state index < -0.39 is 0 Å². The predicted molar refractivity (Wildman–Crippen MR) is 71.8 cm³/mol. The molecule has 0 aromatic rings. The summed E-state index contributed by atoms with van der Waals surface area (Å²) < 4.78 is 6.12. The van der Waals surface area contributed by atoms with Gasteiger partial charge in [0.15, 0.2) is 0 Å². The second kappa shape index (κ2) is 6.25. The number of allylic oxidation sites excluding steroid dienone is 4. The SMILES string of the molecule is CC(C)CC1=CCCC(OC2CCNCC2)=C1. The maximum atomic E-state index is 6.12. The first-order valence-electron chi connectivity index (χ1n) is 7.01. The summed E-state index contributed by atoms with van der Waals surface area (Å²) in [6.07, 6.45) is 10.8. The quantitative estimate of drug-likeness (QED) is 0.806. The summed E-state index contributed by atoms with van der Waals surface area (Å²) in [4.78, 5) is 0. The van der Waals surface area contributed by atoms with Gasteiger partial charge in [0.05, 0.1) is 5.76 Å². The number of hydrogen-bond acceptors (Lipinski definition) is 2. The molecular weight excluding hydrogens is 210 g/mol. The summed E-state index contributed by atoms with van der Waals surface area (Å²) in [6.45, 7) is 6.76. The Bertz CT molecular complexity index is 298. The Morgan fingerprint density at radius 1 is 1.35 bits per heavy atom. The third-order valence-electron chi connectivity index (χ3n) is 3.39. The fourth-order valence-electron chi connectivity index (χ4n) is 2.57. The van der Waals surface area contributed by atoms with Gasteiger partial charge in [-0.1, -0.05) is 19.9 Å². The van der Waals surface area contributed by atoms with E-state index in [2.05, 4.69) is 31.3 Å². The predicted octanol–water partition coefficient (Wildman–Crippen LogP) is 3.41. The minimum atomic E-state index is 0.445. The molecule has 0 unspecified atom stereocenters. The van der Waals surface area contributed by atoms with Crippen LogP contribution in [0.4, 0.5) is 0 Å². The van der Waals surface area contributed by atoms with Crippen molar-refractivity contribution < 1.29 is 4.74 Å². The Morgan fingerprint density at radius 3 is 2.82 bits per heavy atom. The van der Waals surface area contributed by atoms with Gasteiger partial charge < -0.3 is 10.1 Å². The highest BCUT2D eigenvalue weighted by Crippen LogP contribution is 2.25. The van der Waals surface area contributed by atoms with Crippen molar-refractivity contribution >= 4 is 0 Å². The molecule has 17 heavy (non-hydrogen) atoms. The summed E-state index contributed by atoms with van der Waals surface area (Å²) >= 11 is 0. The molecule has 0 aromatic carbocycles. The standard InChI is InChI=1S/C15H25NO/c1-12(2)10-13-4-3-5-15(11-13)17-14-6-8-16-9-7-14/h4,11-12,14,16H,3,5-10H2,1-2H3. The van der Waals surface area contributed by atoms with Crippen LogP contribution in [0.15, 0.2) is 23.5 Å². The zero-order valence-corrected chi connectivity index (χ0v) is 11.2. The van der Waals surface area contributed by atoms with Gasteiger partial charge in [-0.15, -0.1) is 0 Å². The molecule has 0 radical (unpaired) electrons. The van der Waals surface area contributed by atoms with E-state index in [1.54, 1.807) is 0 Å². The number of nitrogens with one attached hydrogen (secondary N) is 1. The Kier molecular flexibility index (Phi) is 4.66. The van der Waals surface area contributed by atoms with Crippen LogP contribution in [0.5, 0.6) is 0 Å². The molecule has 1 aliphatic heterocycles. The fourth-order valence-corrected chi connectivity index (χ4v) is 2.57. The van der Waals surface area contributed by atoms with Crippen LogP contribution in [0.3, 0.4) is 0 Å². The van der Waals surface area contributed by atoms with E-state index in [0.29, 0.717) is 6.10 Å². The topological polar surface area (TPSA) is 21.3 Å². The average Bonchev–Trinajstić information content (AvgIpc) is 2.30. The lowest BCUT2D eigenvalue weighted by atomic mass is 9.97. The van der Waals surface area contributed by atoms with Crippen molar-refractivity contribution in [2.45, 2.75) is 52.1 Å². The monoisotopic (exact) mass is 235 g/mol. The third-order valence-corrected chi connectivity index (χ3v) is 3.39. The van der Waals surface area contributed by atoms with Gasteiger partial charge in [-0.05, 0) is 56.3 Å². The van der Waals surface area contributed by atoms with E-state index >= 15 is 0 Å². The lowest BCUT2D eigenvalue weighted by Gasteiger charge is -2.26. The van der Waals surface area contributed by atoms with Crippen LogP contribution in [-0.4, -0.2) is 19.2 Å². The van der Waals surface area contributed by atoms with Gasteiger partial charge in [-0.3, -0.25) is 0 Å². The molecule has 2 nitrogen and oxygen atoms in total. The lowest BCUT2D eigenvalue weighted by Crippen LogP contribution is -2.32. The van der Waals surface area contributed by atoms with Gasteiger partial charge >= 0.3 is 0 Å². The summed E-state index contributed by atoms with van der Waals surface area (Å²) in [5.74, 6) is 1.95. The highest BCUT2D eigenvalue weighted by Gasteiger charge is 2.16. The molecule has 0 amide bonds. The molecule has 0 spiro atoms. The average molecular weight is 235 g/mol. The zero-order chi connectivity index (χ0) is 12.1. The van der Waals surface area contributed by atoms with Crippen molar-refractivity contribution in [3.8, 4) is 0 Å². The smallest absolute Gasteiger partial charge is 0.101 e. The summed E-state index contributed by atoms with van der Waals surface area (Å²) in [5.41, 5.74) is 1.47. The molecular formula is C15H25NO. The van der Waals surface area contributed by atoms with Crippen LogP contribution >= 0.6 is 0 Å². The van der Waals surface area contributed by atoms with E-state index in [1.165, 1.54) is 17.8 Å². The maximum Gasteiger partial charge on any atom is 0.101 e. The summed E-state index contributed by atoms with van der Waals surface area (Å²) in [7, 11) is 0. The molecule has 0 saturated carbocycles. The molecule has 2 rings (SSSR count). The summed E-state index contributed by atoms with van der Waals surface area (Å²) in [5, 5.41) is 3.38. The second-order valence-electron chi connectivity index (χ2n) is 5.59. The molecule has 1 N–H and O–H groups in total. The number of rotatable bonds is 4. The van der Waals surface area contributed by atoms with Crippen LogP contribution in [-0.2, 0) is 4.74 Å². The molecule has 96 valence electrons. The van der Waals surface area contributed by atoms with Crippen LogP contribution in [0.1, 0.15) is 46.0 Å². The molecule has 1 aliphatic carbocycles. The third kappa shape index (κ3) is 4.19.